The van der Waals surface area contributed by atoms with E-state index in [1.165, 1.54) is 11.0 Å². The Labute approximate surface area is 54.3 Å². The highest BCUT2D eigenvalue weighted by molar-refractivity contribution is 9.10. The Hall–Kier alpha value is -0.420. The van der Waals surface area contributed by atoms with E-state index in [4.69, 9.17) is 5.11 Å². The molecule has 0 aliphatic carbocycles. The molecule has 1 rings (SSSR count). The number of aliphatic hydroxyl groups is 1. The van der Waals surface area contributed by atoms with Gasteiger partial charge in [0.25, 0.3) is 0 Å². The van der Waals surface area contributed by atoms with E-state index in [1.807, 2.05) is 0 Å². The van der Waals surface area contributed by atoms with Crippen molar-refractivity contribution in [2.24, 2.45) is 0 Å². The lowest BCUT2D eigenvalue weighted by atomic mass is 11.2. The number of rotatable bonds is 1. The first-order valence-electron chi connectivity index (χ1n) is 1.99. The fourth-order valence-electron chi connectivity index (χ4n) is 0.340. The molecule has 8 heavy (non-hydrogen) atoms. The summed E-state index contributed by atoms with van der Waals surface area (Å²) in [5.41, 5.74) is 0. The summed E-state index contributed by atoms with van der Waals surface area (Å²) in [6.45, 7) is -0.126. The molecule has 1 heterocycles. The lowest BCUT2D eigenvalue weighted by Crippen LogP contribution is -1.95. The quantitative estimate of drug-likeness (QED) is 0.657. The van der Waals surface area contributed by atoms with Crippen molar-refractivity contribution in [2.75, 3.05) is 0 Å². The molecule has 0 radical (unpaired) electrons. The minimum atomic E-state index is -0.126. The standard InChI is InChI=1S/C3H4BrN3O/c4-3-5-1-7(2-8)6-3/h1,8H,2H2. The highest BCUT2D eigenvalue weighted by atomic mass is 79.9. The molecule has 0 saturated heterocycles. The summed E-state index contributed by atoms with van der Waals surface area (Å²) in [6, 6.07) is 0. The third-order valence-corrected chi connectivity index (χ3v) is 1.02. The van der Waals surface area contributed by atoms with Gasteiger partial charge in [-0.3, -0.25) is 0 Å². The first kappa shape index (κ1) is 5.71. The second kappa shape index (κ2) is 2.23. The summed E-state index contributed by atoms with van der Waals surface area (Å²) in [5.74, 6) is 0. The van der Waals surface area contributed by atoms with Crippen molar-refractivity contribution in [3.8, 4) is 0 Å². The zero-order valence-corrected chi connectivity index (χ0v) is 5.54. The topological polar surface area (TPSA) is 50.9 Å². The van der Waals surface area contributed by atoms with Crippen molar-refractivity contribution in [1.82, 2.24) is 14.8 Å². The van der Waals surface area contributed by atoms with Gasteiger partial charge < -0.3 is 5.11 Å². The van der Waals surface area contributed by atoms with Crippen LogP contribution < -0.4 is 0 Å². The average molecular weight is 178 g/mol. The second-order valence-corrected chi connectivity index (χ2v) is 1.90. The fourth-order valence-corrected chi connectivity index (χ4v) is 0.635. The number of hydrogen-bond donors (Lipinski definition) is 1. The van der Waals surface area contributed by atoms with Gasteiger partial charge in [0, 0.05) is 0 Å². The molecule has 0 spiro atoms. The molecule has 4 nitrogen and oxygen atoms in total. The van der Waals surface area contributed by atoms with E-state index >= 15 is 0 Å². The van der Waals surface area contributed by atoms with Gasteiger partial charge in [0.1, 0.15) is 13.1 Å². The maximum Gasteiger partial charge on any atom is 0.217 e. The maximum absolute atomic E-state index is 8.39. The molecule has 0 atom stereocenters. The highest BCUT2D eigenvalue weighted by Crippen LogP contribution is 1.96. The van der Waals surface area contributed by atoms with Gasteiger partial charge in [0.15, 0.2) is 0 Å². The van der Waals surface area contributed by atoms with Crippen molar-refractivity contribution in [1.29, 1.82) is 0 Å². The van der Waals surface area contributed by atoms with E-state index in [1.54, 1.807) is 0 Å². The molecular weight excluding hydrogens is 174 g/mol. The van der Waals surface area contributed by atoms with Crippen LogP contribution >= 0.6 is 15.9 Å². The molecule has 0 bridgehead atoms. The van der Waals surface area contributed by atoms with Gasteiger partial charge in [0.05, 0.1) is 0 Å². The van der Waals surface area contributed by atoms with Gasteiger partial charge >= 0.3 is 0 Å². The molecule has 1 aromatic heterocycles. The largest absolute Gasteiger partial charge is 0.374 e. The summed E-state index contributed by atoms with van der Waals surface area (Å²) < 4.78 is 1.80. The average Bonchev–Trinajstić information content (AvgIpc) is 2.14. The zero-order chi connectivity index (χ0) is 5.98. The smallest absolute Gasteiger partial charge is 0.217 e. The summed E-state index contributed by atoms with van der Waals surface area (Å²) in [5, 5.41) is 12.1. The molecule has 0 amide bonds. The Morgan fingerprint density at radius 1 is 1.88 bits per heavy atom. The number of nitrogens with zero attached hydrogens (tertiary/aromatic N) is 3. The van der Waals surface area contributed by atoms with Crippen LogP contribution in [0, 0.1) is 0 Å². The zero-order valence-electron chi connectivity index (χ0n) is 3.95. The van der Waals surface area contributed by atoms with Crippen LogP contribution in [-0.2, 0) is 6.73 Å². The van der Waals surface area contributed by atoms with Crippen LogP contribution in [0.4, 0.5) is 0 Å². The molecular formula is C3H4BrN3O. The maximum atomic E-state index is 8.39. The van der Waals surface area contributed by atoms with Gasteiger partial charge in [-0.2, -0.15) is 0 Å². The Kier molecular flexibility index (Phi) is 1.59. The number of aromatic nitrogens is 3. The Morgan fingerprint density at radius 2 is 2.62 bits per heavy atom. The van der Waals surface area contributed by atoms with E-state index in [2.05, 4.69) is 26.0 Å². The van der Waals surface area contributed by atoms with Gasteiger partial charge in [-0.15, -0.1) is 5.10 Å². The third kappa shape index (κ3) is 1.05. The first-order chi connectivity index (χ1) is 3.83. The molecule has 0 unspecified atom stereocenters. The van der Waals surface area contributed by atoms with Crippen LogP contribution in [-0.4, -0.2) is 19.9 Å². The first-order valence-corrected chi connectivity index (χ1v) is 2.78. The molecule has 0 saturated carbocycles. The van der Waals surface area contributed by atoms with Gasteiger partial charge in [-0.05, 0) is 15.9 Å². The van der Waals surface area contributed by atoms with Gasteiger partial charge in [-0.1, -0.05) is 0 Å². The molecule has 0 aliphatic heterocycles. The Balaban J connectivity index is 2.84. The molecule has 1 N–H and O–H groups in total. The van der Waals surface area contributed by atoms with E-state index in [0.717, 1.165) is 0 Å². The lowest BCUT2D eigenvalue weighted by molar-refractivity contribution is 0.194. The monoisotopic (exact) mass is 177 g/mol. The van der Waals surface area contributed by atoms with Crippen molar-refractivity contribution in [2.45, 2.75) is 6.73 Å². The van der Waals surface area contributed by atoms with Crippen molar-refractivity contribution >= 4 is 15.9 Å². The van der Waals surface area contributed by atoms with Gasteiger partial charge in [0.2, 0.25) is 4.73 Å². The minimum Gasteiger partial charge on any atom is -0.374 e. The number of hydrogen-bond acceptors (Lipinski definition) is 3. The van der Waals surface area contributed by atoms with Crippen LogP contribution in [0.1, 0.15) is 0 Å². The van der Waals surface area contributed by atoms with Crippen LogP contribution in [0.25, 0.3) is 0 Å². The number of aliphatic hydroxyl groups excluding tert-OH is 1. The Morgan fingerprint density at radius 3 is 2.88 bits per heavy atom. The molecule has 5 heteroatoms. The van der Waals surface area contributed by atoms with Gasteiger partial charge in [-0.25, -0.2) is 9.67 Å². The van der Waals surface area contributed by atoms with E-state index < -0.39 is 0 Å². The number of halogens is 1. The Bertz CT molecular complexity index is 175. The van der Waals surface area contributed by atoms with E-state index in [-0.39, 0.29) is 6.73 Å². The third-order valence-electron chi connectivity index (χ3n) is 0.653. The van der Waals surface area contributed by atoms with Crippen molar-refractivity contribution in [3.05, 3.63) is 11.1 Å². The molecule has 0 aliphatic rings. The lowest BCUT2D eigenvalue weighted by Gasteiger charge is -1.85. The SMILES string of the molecule is OCn1cnc(Br)n1. The van der Waals surface area contributed by atoms with Crippen LogP contribution in [0.15, 0.2) is 11.1 Å². The summed E-state index contributed by atoms with van der Waals surface area (Å²) >= 11 is 3.02. The van der Waals surface area contributed by atoms with E-state index in [9.17, 15) is 0 Å². The molecule has 44 valence electrons. The highest BCUT2D eigenvalue weighted by Gasteiger charge is 1.90. The minimum absolute atomic E-state index is 0.126. The second-order valence-electron chi connectivity index (χ2n) is 1.19. The van der Waals surface area contributed by atoms with Crippen LogP contribution in [0.5, 0.6) is 0 Å². The summed E-state index contributed by atoms with van der Waals surface area (Å²) in [7, 11) is 0. The predicted octanol–water partition coefficient (Wildman–Crippen LogP) is -0.00960. The molecule has 0 fully saturated rings. The van der Waals surface area contributed by atoms with Crippen molar-refractivity contribution in [3.63, 3.8) is 0 Å². The van der Waals surface area contributed by atoms with E-state index in [0.29, 0.717) is 4.73 Å². The normalized spacial score (nSPS) is 9.75. The van der Waals surface area contributed by atoms with Crippen LogP contribution in [0.2, 0.25) is 0 Å². The molecule has 1 aromatic rings. The van der Waals surface area contributed by atoms with Crippen LogP contribution in [0.3, 0.4) is 0 Å². The summed E-state index contributed by atoms with van der Waals surface area (Å²) in [6.07, 6.45) is 1.43. The predicted molar refractivity (Wildman–Crippen MR) is 29.9 cm³/mol. The summed E-state index contributed by atoms with van der Waals surface area (Å²) in [4.78, 5) is 3.70. The fraction of sp³-hybridized carbons (Fsp3) is 0.333. The molecule has 0 aromatic carbocycles. The van der Waals surface area contributed by atoms with Crippen molar-refractivity contribution < 1.29 is 5.11 Å².